The van der Waals surface area contributed by atoms with E-state index in [1.807, 2.05) is 0 Å². The number of ketones is 1. The number of carboxylic acid groups (broad SMARTS) is 2. The number of aliphatic carboxylic acids is 2. The van der Waals surface area contributed by atoms with Crippen LogP contribution in [0.5, 0.6) is 0 Å². The number of carboxylic acids is 2. The number of Topliss-reactive ketones (excluding diaryl/α,β-unsaturated/α-hetero) is 1. The van der Waals surface area contributed by atoms with Gasteiger partial charge in [0.15, 0.2) is 0 Å². The van der Waals surface area contributed by atoms with E-state index in [0.717, 1.165) is 38.5 Å². The van der Waals surface area contributed by atoms with Crippen LogP contribution < -0.4 is 5.32 Å². The Hall–Kier alpha value is -1.92. The van der Waals surface area contributed by atoms with E-state index in [9.17, 15) is 19.2 Å². The van der Waals surface area contributed by atoms with Gasteiger partial charge in [0, 0.05) is 19.3 Å². The average Bonchev–Trinajstić information content (AvgIpc) is 2.70. The van der Waals surface area contributed by atoms with Crippen molar-refractivity contribution in [1.82, 2.24) is 5.32 Å². The fourth-order valence-corrected chi connectivity index (χ4v) is 3.55. The molecule has 0 aliphatic carbocycles. The smallest absolute Gasteiger partial charge is 0.326 e. The number of nitrogens with one attached hydrogen (secondary N) is 1. The van der Waals surface area contributed by atoms with Gasteiger partial charge in [0.2, 0.25) is 5.91 Å². The van der Waals surface area contributed by atoms with E-state index in [1.165, 1.54) is 58.3 Å². The van der Waals surface area contributed by atoms with E-state index >= 15 is 0 Å². The van der Waals surface area contributed by atoms with Crippen molar-refractivity contribution in [1.29, 1.82) is 0 Å². The fraction of sp³-hybridized carbons (Fsp3) is 0.833. The number of unbranched alkanes of at least 4 members (excludes halogenated alkanes) is 13. The SMILES string of the molecule is CC(=O)CCC(NC(=O)CCCCCCCCCCCCCCCCC(=O)O)C(=O)O. The molecule has 0 rings (SSSR count). The summed E-state index contributed by atoms with van der Waals surface area (Å²) in [5.41, 5.74) is 0. The molecule has 0 spiro atoms. The van der Waals surface area contributed by atoms with Crippen LogP contribution in [0.3, 0.4) is 0 Å². The maximum absolute atomic E-state index is 11.9. The zero-order valence-electron chi connectivity index (χ0n) is 19.3. The minimum atomic E-state index is -1.09. The van der Waals surface area contributed by atoms with Gasteiger partial charge in [-0.2, -0.15) is 0 Å². The molecule has 0 radical (unpaired) electrons. The summed E-state index contributed by atoms with van der Waals surface area (Å²) >= 11 is 0. The Morgan fingerprint density at radius 2 is 1.00 bits per heavy atom. The third-order valence-electron chi connectivity index (χ3n) is 5.46. The molecule has 0 saturated heterocycles. The maximum Gasteiger partial charge on any atom is 0.326 e. The molecule has 0 aromatic heterocycles. The van der Waals surface area contributed by atoms with Crippen LogP contribution in [-0.4, -0.2) is 39.9 Å². The molecular weight excluding hydrogens is 398 g/mol. The normalized spacial score (nSPS) is 11.8. The maximum atomic E-state index is 11.9. The largest absolute Gasteiger partial charge is 0.481 e. The van der Waals surface area contributed by atoms with Crippen LogP contribution in [0.15, 0.2) is 0 Å². The predicted octanol–water partition coefficient (Wildman–Crippen LogP) is 5.25. The highest BCUT2D eigenvalue weighted by atomic mass is 16.4. The van der Waals surface area contributed by atoms with Crippen molar-refractivity contribution in [3.63, 3.8) is 0 Å². The van der Waals surface area contributed by atoms with E-state index in [0.29, 0.717) is 12.8 Å². The molecule has 0 aromatic carbocycles. The number of rotatable bonds is 22. The van der Waals surface area contributed by atoms with Crippen molar-refractivity contribution in [3.05, 3.63) is 0 Å². The van der Waals surface area contributed by atoms with E-state index in [-0.39, 0.29) is 24.5 Å². The van der Waals surface area contributed by atoms with Gasteiger partial charge in [0.25, 0.3) is 0 Å². The molecular formula is C24H43NO6. The molecule has 0 aliphatic heterocycles. The van der Waals surface area contributed by atoms with Crippen LogP contribution in [0.25, 0.3) is 0 Å². The van der Waals surface area contributed by atoms with Gasteiger partial charge in [0.1, 0.15) is 11.8 Å². The van der Waals surface area contributed by atoms with Crippen molar-refractivity contribution in [3.8, 4) is 0 Å². The van der Waals surface area contributed by atoms with Gasteiger partial charge in [-0.25, -0.2) is 4.79 Å². The van der Waals surface area contributed by atoms with E-state index in [4.69, 9.17) is 10.2 Å². The Morgan fingerprint density at radius 1 is 0.613 bits per heavy atom. The van der Waals surface area contributed by atoms with Crippen LogP contribution in [0.2, 0.25) is 0 Å². The predicted molar refractivity (Wildman–Crippen MR) is 121 cm³/mol. The van der Waals surface area contributed by atoms with Gasteiger partial charge >= 0.3 is 11.9 Å². The Bertz CT molecular complexity index is 520. The molecule has 0 aliphatic rings. The highest BCUT2D eigenvalue weighted by molar-refractivity contribution is 5.84. The Kier molecular flexibility index (Phi) is 18.8. The quantitative estimate of drug-likeness (QED) is 0.197. The topological polar surface area (TPSA) is 121 Å². The molecule has 0 heterocycles. The van der Waals surface area contributed by atoms with Crippen molar-refractivity contribution >= 4 is 23.6 Å². The molecule has 0 fully saturated rings. The summed E-state index contributed by atoms with van der Waals surface area (Å²) in [6.07, 6.45) is 16.6. The molecule has 180 valence electrons. The lowest BCUT2D eigenvalue weighted by molar-refractivity contribution is -0.142. The lowest BCUT2D eigenvalue weighted by Crippen LogP contribution is -2.40. The number of hydrogen-bond acceptors (Lipinski definition) is 4. The van der Waals surface area contributed by atoms with Crippen molar-refractivity contribution in [2.75, 3.05) is 0 Å². The first-order chi connectivity index (χ1) is 14.8. The van der Waals surface area contributed by atoms with Crippen molar-refractivity contribution in [2.24, 2.45) is 0 Å². The minimum absolute atomic E-state index is 0.0783. The zero-order valence-corrected chi connectivity index (χ0v) is 19.3. The second kappa shape index (κ2) is 20.0. The lowest BCUT2D eigenvalue weighted by atomic mass is 10.0. The number of amides is 1. The molecule has 0 saturated carbocycles. The summed E-state index contributed by atoms with van der Waals surface area (Å²) in [5, 5.41) is 20.2. The zero-order chi connectivity index (χ0) is 23.3. The summed E-state index contributed by atoms with van der Waals surface area (Å²) in [7, 11) is 0. The van der Waals surface area contributed by atoms with E-state index < -0.39 is 18.0 Å². The molecule has 1 amide bonds. The second-order valence-corrected chi connectivity index (χ2v) is 8.54. The van der Waals surface area contributed by atoms with Crippen LogP contribution >= 0.6 is 0 Å². The summed E-state index contributed by atoms with van der Waals surface area (Å²) in [6, 6.07) is -0.978. The second-order valence-electron chi connectivity index (χ2n) is 8.54. The fourth-order valence-electron chi connectivity index (χ4n) is 3.55. The molecule has 1 unspecified atom stereocenters. The monoisotopic (exact) mass is 441 g/mol. The highest BCUT2D eigenvalue weighted by Gasteiger charge is 2.19. The van der Waals surface area contributed by atoms with Gasteiger partial charge in [-0.1, -0.05) is 77.0 Å². The van der Waals surface area contributed by atoms with Crippen LogP contribution in [0.1, 0.15) is 122 Å². The minimum Gasteiger partial charge on any atom is -0.481 e. The Labute approximate surface area is 187 Å². The van der Waals surface area contributed by atoms with Gasteiger partial charge in [-0.05, 0) is 26.2 Å². The third-order valence-corrected chi connectivity index (χ3v) is 5.46. The Morgan fingerprint density at radius 3 is 1.35 bits per heavy atom. The first kappa shape index (κ1) is 29.1. The van der Waals surface area contributed by atoms with Crippen LogP contribution in [0, 0.1) is 0 Å². The molecule has 7 nitrogen and oxygen atoms in total. The molecule has 0 aromatic rings. The summed E-state index contributed by atoms with van der Waals surface area (Å²) in [4.78, 5) is 44.4. The number of carbonyl (C=O) groups is 4. The van der Waals surface area contributed by atoms with Gasteiger partial charge in [0.05, 0.1) is 0 Å². The molecule has 0 bridgehead atoms. The van der Waals surface area contributed by atoms with Crippen LogP contribution in [0.4, 0.5) is 0 Å². The van der Waals surface area contributed by atoms with Crippen molar-refractivity contribution < 1.29 is 29.4 Å². The molecule has 31 heavy (non-hydrogen) atoms. The highest BCUT2D eigenvalue weighted by Crippen LogP contribution is 2.14. The van der Waals surface area contributed by atoms with Crippen LogP contribution in [-0.2, 0) is 19.2 Å². The van der Waals surface area contributed by atoms with Gasteiger partial charge < -0.3 is 20.3 Å². The Balaban J connectivity index is 3.43. The number of hydrogen-bond donors (Lipinski definition) is 3. The van der Waals surface area contributed by atoms with Gasteiger partial charge in [-0.15, -0.1) is 0 Å². The first-order valence-corrected chi connectivity index (χ1v) is 12.1. The summed E-state index contributed by atoms with van der Waals surface area (Å²) in [5.74, 6) is -2.12. The molecule has 1 atom stereocenters. The standard InChI is InChI=1S/C24H43NO6/c1-20(26)18-19-21(24(30)31)25-22(27)16-14-12-10-8-6-4-2-3-5-7-9-11-13-15-17-23(28)29/h21H,2-19H2,1H3,(H,25,27)(H,28,29)(H,30,31). The number of carbonyl (C=O) groups excluding carboxylic acids is 2. The first-order valence-electron chi connectivity index (χ1n) is 12.1. The van der Waals surface area contributed by atoms with E-state index in [1.54, 1.807) is 0 Å². The molecule has 7 heteroatoms. The summed E-state index contributed by atoms with van der Waals surface area (Å²) in [6.45, 7) is 1.41. The molecule has 3 N–H and O–H groups in total. The van der Waals surface area contributed by atoms with Gasteiger partial charge in [-0.3, -0.25) is 9.59 Å². The van der Waals surface area contributed by atoms with E-state index in [2.05, 4.69) is 5.32 Å². The average molecular weight is 442 g/mol. The van der Waals surface area contributed by atoms with Crippen molar-refractivity contribution in [2.45, 2.75) is 129 Å². The summed E-state index contributed by atoms with van der Waals surface area (Å²) < 4.78 is 0. The third kappa shape index (κ3) is 21.1. The lowest BCUT2D eigenvalue weighted by Gasteiger charge is -2.13.